The normalized spacial score (nSPS) is 11.9. The Morgan fingerprint density at radius 3 is 1.75 bits per heavy atom. The quantitative estimate of drug-likeness (QED) is 0.177. The van der Waals surface area contributed by atoms with Crippen molar-refractivity contribution in [3.05, 3.63) is 200 Å². The second-order valence-electron chi connectivity index (χ2n) is 14.7. The first kappa shape index (κ1) is 31.6. The van der Waals surface area contributed by atoms with E-state index in [1.165, 1.54) is 43.5 Å². The highest BCUT2D eigenvalue weighted by molar-refractivity contribution is 6.25. The van der Waals surface area contributed by atoms with Gasteiger partial charge in [0.25, 0.3) is 0 Å². The van der Waals surface area contributed by atoms with Crippen LogP contribution < -0.4 is 0 Å². The second kappa shape index (κ2) is 12.4. The van der Waals surface area contributed by atoms with Gasteiger partial charge >= 0.3 is 0 Å². The number of nitrogens with zero attached hydrogens (tertiary/aromatic N) is 5. The van der Waals surface area contributed by atoms with E-state index < -0.39 is 0 Å². The zero-order valence-electron chi connectivity index (χ0n) is 30.8. The SMILES string of the molecule is c1ccc(-c2nc(-c3cccc(-n4c5cc6ccn(-c7ccccc7)c6cc5c5ccc6c7ccccc7n(-c7ccccc7)c6c54)c3)nc3ccccc23)cc1. The lowest BCUT2D eigenvalue weighted by atomic mass is 10.1. The number of rotatable bonds is 5. The smallest absolute Gasteiger partial charge is 0.160 e. The molecule has 12 rings (SSSR count). The third-order valence-electron chi connectivity index (χ3n) is 11.4. The van der Waals surface area contributed by atoms with E-state index in [0.717, 1.165) is 55.8 Å². The number of aromatic nitrogens is 5. The zero-order valence-corrected chi connectivity index (χ0v) is 30.8. The van der Waals surface area contributed by atoms with Crippen LogP contribution in [0.3, 0.4) is 0 Å². The highest BCUT2D eigenvalue weighted by Gasteiger charge is 2.23. The van der Waals surface area contributed by atoms with Crippen molar-refractivity contribution < 1.29 is 0 Å². The zero-order chi connectivity index (χ0) is 37.5. The first-order valence-corrected chi connectivity index (χ1v) is 19.3. The van der Waals surface area contributed by atoms with Crippen LogP contribution in [0.2, 0.25) is 0 Å². The average molecular weight is 728 g/mol. The Morgan fingerprint density at radius 2 is 0.965 bits per heavy atom. The van der Waals surface area contributed by atoms with Crippen LogP contribution in [0.5, 0.6) is 0 Å². The minimum atomic E-state index is 0.695. The van der Waals surface area contributed by atoms with Gasteiger partial charge in [0.15, 0.2) is 5.82 Å². The molecule has 0 fully saturated rings. The topological polar surface area (TPSA) is 40.6 Å². The van der Waals surface area contributed by atoms with Gasteiger partial charge in [0.05, 0.1) is 38.8 Å². The summed E-state index contributed by atoms with van der Waals surface area (Å²) in [5.41, 5.74) is 13.0. The van der Waals surface area contributed by atoms with Crippen molar-refractivity contribution in [3.63, 3.8) is 0 Å². The Bertz CT molecular complexity index is 3500. The predicted molar refractivity (Wildman–Crippen MR) is 236 cm³/mol. The predicted octanol–water partition coefficient (Wildman–Crippen LogP) is 13.1. The Hall–Kier alpha value is -7.76. The van der Waals surface area contributed by atoms with Crippen LogP contribution in [-0.4, -0.2) is 23.7 Å². The molecule has 0 saturated carbocycles. The first-order chi connectivity index (χ1) is 28.3. The summed E-state index contributed by atoms with van der Waals surface area (Å²) in [6.07, 6.45) is 2.18. The standard InChI is InChI=1S/C52H33N5/c1-4-15-34(16-5-1)49-43-24-10-12-25-45(43)53-52(54-49)36-17-14-22-39(31-36)57-48-32-35-29-30-55(37-18-6-2-7-19-37)47(35)33-44(48)42-28-27-41-40-23-11-13-26-46(40)56(50(41)51(42)57)38-20-8-3-9-21-38/h1-33H. The molecule has 8 aromatic carbocycles. The molecule has 4 heterocycles. The molecule has 0 bridgehead atoms. The number of fused-ring (bicyclic) bond motifs is 9. The van der Waals surface area contributed by atoms with Gasteiger partial charge in [-0.15, -0.1) is 0 Å². The lowest BCUT2D eigenvalue weighted by molar-refractivity contribution is 1.13. The van der Waals surface area contributed by atoms with Gasteiger partial charge in [0.2, 0.25) is 0 Å². The number of benzene rings is 8. The molecule has 12 aromatic rings. The van der Waals surface area contributed by atoms with E-state index in [9.17, 15) is 0 Å². The van der Waals surface area contributed by atoms with Gasteiger partial charge in [-0.25, -0.2) is 9.97 Å². The molecule has 0 spiro atoms. The molecule has 5 heteroatoms. The molecule has 0 unspecified atom stereocenters. The molecule has 0 aliphatic heterocycles. The Balaban J connectivity index is 1.19. The summed E-state index contributed by atoms with van der Waals surface area (Å²) in [6.45, 7) is 0. The summed E-state index contributed by atoms with van der Waals surface area (Å²) < 4.78 is 7.20. The molecule has 0 radical (unpaired) electrons. The molecule has 57 heavy (non-hydrogen) atoms. The molecule has 0 aliphatic carbocycles. The number of hydrogen-bond acceptors (Lipinski definition) is 2. The van der Waals surface area contributed by atoms with Crippen molar-refractivity contribution in [1.29, 1.82) is 0 Å². The Kier molecular flexibility index (Phi) is 6.86. The number of para-hydroxylation sites is 4. The van der Waals surface area contributed by atoms with E-state index in [1.807, 2.05) is 12.1 Å². The van der Waals surface area contributed by atoms with Gasteiger partial charge in [-0.2, -0.15) is 0 Å². The van der Waals surface area contributed by atoms with Crippen LogP contribution in [-0.2, 0) is 0 Å². The molecule has 0 saturated heterocycles. The van der Waals surface area contributed by atoms with E-state index in [0.29, 0.717) is 5.82 Å². The van der Waals surface area contributed by atoms with Crippen LogP contribution in [0.15, 0.2) is 200 Å². The van der Waals surface area contributed by atoms with Gasteiger partial charge in [-0.05, 0) is 66.7 Å². The maximum Gasteiger partial charge on any atom is 0.160 e. The monoisotopic (exact) mass is 727 g/mol. The molecule has 0 N–H and O–H groups in total. The van der Waals surface area contributed by atoms with E-state index >= 15 is 0 Å². The minimum absolute atomic E-state index is 0.695. The fourth-order valence-corrected chi connectivity index (χ4v) is 8.91. The van der Waals surface area contributed by atoms with E-state index in [2.05, 4.69) is 202 Å². The third-order valence-corrected chi connectivity index (χ3v) is 11.4. The van der Waals surface area contributed by atoms with Crippen LogP contribution in [0, 0.1) is 0 Å². The van der Waals surface area contributed by atoms with Gasteiger partial charge in [0.1, 0.15) is 0 Å². The van der Waals surface area contributed by atoms with Gasteiger partial charge < -0.3 is 13.7 Å². The minimum Gasteiger partial charge on any atom is -0.317 e. The van der Waals surface area contributed by atoms with Gasteiger partial charge in [0, 0.05) is 66.7 Å². The van der Waals surface area contributed by atoms with E-state index in [1.54, 1.807) is 0 Å². The Labute approximate surface area is 328 Å². The van der Waals surface area contributed by atoms with Crippen LogP contribution >= 0.6 is 0 Å². The second-order valence-corrected chi connectivity index (χ2v) is 14.7. The van der Waals surface area contributed by atoms with Gasteiger partial charge in [-0.1, -0.05) is 127 Å². The van der Waals surface area contributed by atoms with Crippen molar-refractivity contribution in [2.24, 2.45) is 0 Å². The van der Waals surface area contributed by atoms with Crippen molar-refractivity contribution in [3.8, 4) is 39.7 Å². The summed E-state index contributed by atoms with van der Waals surface area (Å²) >= 11 is 0. The maximum atomic E-state index is 5.27. The van der Waals surface area contributed by atoms with Crippen molar-refractivity contribution in [1.82, 2.24) is 23.7 Å². The fourth-order valence-electron chi connectivity index (χ4n) is 8.91. The third kappa shape index (κ3) is 4.82. The highest BCUT2D eigenvalue weighted by atomic mass is 15.0. The summed E-state index contributed by atoms with van der Waals surface area (Å²) in [7, 11) is 0. The maximum absolute atomic E-state index is 5.27. The molecule has 0 atom stereocenters. The molecule has 4 aromatic heterocycles. The fraction of sp³-hybridized carbons (Fsp3) is 0. The van der Waals surface area contributed by atoms with Crippen LogP contribution in [0.4, 0.5) is 0 Å². The molecule has 0 aliphatic rings. The average Bonchev–Trinajstić information content (AvgIpc) is 3.96. The Morgan fingerprint density at radius 1 is 0.351 bits per heavy atom. The van der Waals surface area contributed by atoms with E-state index in [4.69, 9.17) is 9.97 Å². The summed E-state index contributed by atoms with van der Waals surface area (Å²) in [5.74, 6) is 0.695. The first-order valence-electron chi connectivity index (χ1n) is 19.3. The van der Waals surface area contributed by atoms with Gasteiger partial charge in [-0.3, -0.25) is 0 Å². The molecular weight excluding hydrogens is 695 g/mol. The largest absolute Gasteiger partial charge is 0.317 e. The van der Waals surface area contributed by atoms with Crippen molar-refractivity contribution in [2.75, 3.05) is 0 Å². The molecule has 266 valence electrons. The molecular formula is C52H33N5. The van der Waals surface area contributed by atoms with Crippen LogP contribution in [0.1, 0.15) is 0 Å². The lowest BCUT2D eigenvalue weighted by Crippen LogP contribution is -2.00. The number of hydrogen-bond donors (Lipinski definition) is 0. The highest BCUT2D eigenvalue weighted by Crippen LogP contribution is 2.43. The van der Waals surface area contributed by atoms with Crippen LogP contribution in [0.25, 0.3) is 105 Å². The molecule has 0 amide bonds. The summed E-state index contributed by atoms with van der Waals surface area (Å²) in [4.78, 5) is 10.4. The molecule has 5 nitrogen and oxygen atoms in total. The summed E-state index contributed by atoms with van der Waals surface area (Å²) in [5, 5.41) is 7.04. The summed E-state index contributed by atoms with van der Waals surface area (Å²) in [6, 6.07) is 69.1. The lowest BCUT2D eigenvalue weighted by Gasteiger charge is -2.14. The van der Waals surface area contributed by atoms with Crippen molar-refractivity contribution >= 4 is 65.4 Å². The van der Waals surface area contributed by atoms with Crippen molar-refractivity contribution in [2.45, 2.75) is 0 Å². The van der Waals surface area contributed by atoms with E-state index in [-0.39, 0.29) is 0 Å².